The highest BCUT2D eigenvalue weighted by molar-refractivity contribution is 6.71. The molecular formula is C18H23NSi. The maximum Gasteiger partial charge on any atom is 0.0704 e. The monoisotopic (exact) mass is 281 g/mol. The molecular weight excluding hydrogens is 258 g/mol. The van der Waals surface area contributed by atoms with E-state index in [1.54, 1.807) is 10.8 Å². The molecule has 1 aliphatic carbocycles. The van der Waals surface area contributed by atoms with Gasteiger partial charge in [-0.25, -0.2) is 0 Å². The lowest BCUT2D eigenvalue weighted by Gasteiger charge is -2.18. The number of pyridine rings is 1. The Balaban J connectivity index is 2.04. The zero-order valence-corrected chi connectivity index (χ0v) is 13.6. The van der Waals surface area contributed by atoms with Gasteiger partial charge in [-0.3, -0.25) is 4.98 Å². The third-order valence-corrected chi connectivity index (χ3v) is 6.18. The molecule has 1 aliphatic rings. The van der Waals surface area contributed by atoms with Crippen molar-refractivity contribution in [1.82, 2.24) is 4.98 Å². The van der Waals surface area contributed by atoms with E-state index in [4.69, 9.17) is 4.98 Å². The summed E-state index contributed by atoms with van der Waals surface area (Å²) in [5, 5.41) is 1.58. The molecule has 0 bridgehead atoms. The first-order valence-electron chi connectivity index (χ1n) is 7.81. The van der Waals surface area contributed by atoms with Gasteiger partial charge in [-0.15, -0.1) is 0 Å². The zero-order chi connectivity index (χ0) is 13.9. The van der Waals surface area contributed by atoms with E-state index in [0.29, 0.717) is 0 Å². The van der Waals surface area contributed by atoms with E-state index < -0.39 is 8.80 Å². The molecule has 0 N–H and O–H groups in total. The fourth-order valence-corrected chi connectivity index (χ4v) is 4.68. The number of hydrogen-bond acceptors (Lipinski definition) is 1. The van der Waals surface area contributed by atoms with E-state index in [1.165, 1.54) is 31.2 Å². The van der Waals surface area contributed by atoms with Crippen molar-refractivity contribution in [3.05, 3.63) is 48.2 Å². The standard InChI is InChI=1S/C18H23NSi/c1-20(2)18-13-19-17(15-10-4-3-5-11-15)12-16(18)14-8-6-7-9-14/h3-5,10-14,20H,6-9H2,1-2H3. The highest BCUT2D eigenvalue weighted by Crippen LogP contribution is 2.34. The second-order valence-corrected chi connectivity index (χ2v) is 9.13. The largest absolute Gasteiger partial charge is 0.256 e. The van der Waals surface area contributed by atoms with Crippen molar-refractivity contribution in [2.24, 2.45) is 0 Å². The van der Waals surface area contributed by atoms with Gasteiger partial charge in [-0.05, 0) is 35.6 Å². The summed E-state index contributed by atoms with van der Waals surface area (Å²) in [7, 11) is -0.801. The molecule has 1 heterocycles. The second kappa shape index (κ2) is 5.92. The normalized spacial score (nSPS) is 15.9. The molecule has 0 aliphatic heterocycles. The minimum atomic E-state index is -0.801. The van der Waals surface area contributed by atoms with Crippen LogP contribution in [0.2, 0.25) is 13.1 Å². The van der Waals surface area contributed by atoms with Gasteiger partial charge in [0.05, 0.1) is 14.5 Å². The molecule has 1 saturated carbocycles. The van der Waals surface area contributed by atoms with Crippen LogP contribution in [0.1, 0.15) is 37.2 Å². The minimum Gasteiger partial charge on any atom is -0.256 e. The third kappa shape index (κ3) is 2.71. The number of benzene rings is 1. The molecule has 1 aromatic carbocycles. The summed E-state index contributed by atoms with van der Waals surface area (Å²) < 4.78 is 0. The number of nitrogens with zero attached hydrogens (tertiary/aromatic N) is 1. The maximum absolute atomic E-state index is 4.74. The van der Waals surface area contributed by atoms with Gasteiger partial charge in [0.15, 0.2) is 0 Å². The van der Waals surface area contributed by atoms with E-state index in [1.807, 2.05) is 0 Å². The maximum atomic E-state index is 4.74. The molecule has 0 radical (unpaired) electrons. The molecule has 2 aromatic rings. The van der Waals surface area contributed by atoms with E-state index in [0.717, 1.165) is 11.6 Å². The van der Waals surface area contributed by atoms with Crippen LogP contribution >= 0.6 is 0 Å². The fraction of sp³-hybridized carbons (Fsp3) is 0.389. The summed E-state index contributed by atoms with van der Waals surface area (Å²) in [4.78, 5) is 4.74. The van der Waals surface area contributed by atoms with Crippen molar-refractivity contribution in [3.63, 3.8) is 0 Å². The second-order valence-electron chi connectivity index (χ2n) is 6.20. The van der Waals surface area contributed by atoms with Gasteiger partial charge in [-0.2, -0.15) is 0 Å². The van der Waals surface area contributed by atoms with Crippen LogP contribution in [0.5, 0.6) is 0 Å². The van der Waals surface area contributed by atoms with Gasteiger partial charge < -0.3 is 0 Å². The highest BCUT2D eigenvalue weighted by atomic mass is 28.3. The van der Waals surface area contributed by atoms with Gasteiger partial charge in [0.1, 0.15) is 0 Å². The predicted molar refractivity (Wildman–Crippen MR) is 89.4 cm³/mol. The lowest BCUT2D eigenvalue weighted by Crippen LogP contribution is -2.28. The highest BCUT2D eigenvalue weighted by Gasteiger charge is 2.22. The summed E-state index contributed by atoms with van der Waals surface area (Å²) in [5.41, 5.74) is 3.99. The lowest BCUT2D eigenvalue weighted by atomic mass is 9.96. The summed E-state index contributed by atoms with van der Waals surface area (Å²) in [6.07, 6.45) is 7.70. The first-order chi connectivity index (χ1) is 9.75. The molecule has 0 unspecified atom stereocenters. The summed E-state index contributed by atoms with van der Waals surface area (Å²) in [6, 6.07) is 13.0. The first-order valence-corrected chi connectivity index (χ1v) is 10.7. The average Bonchev–Trinajstić information content (AvgIpc) is 3.01. The molecule has 3 rings (SSSR count). The Bertz CT molecular complexity index is 571. The first kappa shape index (κ1) is 13.6. The molecule has 1 nitrogen and oxygen atoms in total. The molecule has 1 aromatic heterocycles. The predicted octanol–water partition coefficient (Wildman–Crippen LogP) is 4.10. The molecule has 104 valence electrons. The number of aromatic nitrogens is 1. The van der Waals surface area contributed by atoms with Crippen LogP contribution in [0, 0.1) is 0 Å². The van der Waals surface area contributed by atoms with Gasteiger partial charge in [0.2, 0.25) is 0 Å². The molecule has 1 fully saturated rings. The van der Waals surface area contributed by atoms with Crippen molar-refractivity contribution >= 4 is 14.0 Å². The van der Waals surface area contributed by atoms with Crippen molar-refractivity contribution in [2.45, 2.75) is 44.7 Å². The molecule has 0 spiro atoms. The Hall–Kier alpha value is -1.41. The van der Waals surface area contributed by atoms with E-state index in [-0.39, 0.29) is 0 Å². The van der Waals surface area contributed by atoms with Crippen LogP contribution in [-0.4, -0.2) is 13.8 Å². The molecule has 20 heavy (non-hydrogen) atoms. The Kier molecular flexibility index (Phi) is 4.02. The van der Waals surface area contributed by atoms with Crippen molar-refractivity contribution in [3.8, 4) is 11.3 Å². The number of rotatable bonds is 3. The lowest BCUT2D eigenvalue weighted by molar-refractivity contribution is 0.726. The van der Waals surface area contributed by atoms with Crippen molar-refractivity contribution in [1.29, 1.82) is 0 Å². The van der Waals surface area contributed by atoms with Gasteiger partial charge in [0.25, 0.3) is 0 Å². The van der Waals surface area contributed by atoms with Crippen LogP contribution in [-0.2, 0) is 0 Å². The van der Waals surface area contributed by atoms with Crippen LogP contribution in [0.25, 0.3) is 11.3 Å². The van der Waals surface area contributed by atoms with Crippen LogP contribution in [0.4, 0.5) is 0 Å². The fourth-order valence-electron chi connectivity index (χ4n) is 3.32. The van der Waals surface area contributed by atoms with Crippen LogP contribution in [0.15, 0.2) is 42.6 Å². The topological polar surface area (TPSA) is 12.9 Å². The Morgan fingerprint density at radius 2 is 1.75 bits per heavy atom. The van der Waals surface area contributed by atoms with Crippen LogP contribution in [0.3, 0.4) is 0 Å². The smallest absolute Gasteiger partial charge is 0.0704 e. The van der Waals surface area contributed by atoms with Crippen molar-refractivity contribution < 1.29 is 0 Å². The van der Waals surface area contributed by atoms with Gasteiger partial charge in [0, 0.05) is 11.8 Å². The Labute approximate surface area is 123 Å². The average molecular weight is 281 g/mol. The molecule has 0 atom stereocenters. The van der Waals surface area contributed by atoms with Gasteiger partial charge in [-0.1, -0.05) is 56.3 Å². The zero-order valence-electron chi connectivity index (χ0n) is 12.5. The SMILES string of the molecule is C[SiH](C)c1cnc(-c2ccccc2)cc1C1CCCC1. The summed E-state index contributed by atoms with van der Waals surface area (Å²) >= 11 is 0. The third-order valence-electron chi connectivity index (χ3n) is 4.45. The molecule has 0 amide bonds. The van der Waals surface area contributed by atoms with Crippen LogP contribution < -0.4 is 5.19 Å². The Morgan fingerprint density at radius 1 is 1.05 bits per heavy atom. The molecule has 0 saturated heterocycles. The van der Waals surface area contributed by atoms with Gasteiger partial charge >= 0.3 is 0 Å². The van der Waals surface area contributed by atoms with E-state index in [9.17, 15) is 0 Å². The minimum absolute atomic E-state index is 0.783. The quantitative estimate of drug-likeness (QED) is 0.772. The Morgan fingerprint density at radius 3 is 2.40 bits per heavy atom. The summed E-state index contributed by atoms with van der Waals surface area (Å²) in [6.45, 7) is 4.83. The molecule has 2 heteroatoms. The van der Waals surface area contributed by atoms with Crippen molar-refractivity contribution in [2.75, 3.05) is 0 Å². The van der Waals surface area contributed by atoms with E-state index >= 15 is 0 Å². The number of hydrogen-bond donors (Lipinski definition) is 0. The summed E-state index contributed by atoms with van der Waals surface area (Å²) in [5.74, 6) is 0.783. The van der Waals surface area contributed by atoms with E-state index in [2.05, 4.69) is 55.7 Å².